The summed E-state index contributed by atoms with van der Waals surface area (Å²) in [6.45, 7) is 4.59. The predicted molar refractivity (Wildman–Crippen MR) is 51.8 cm³/mol. The SMILES string of the molecule is BC1O[C@@]2(CC)CSC1C2C. The fourth-order valence-corrected chi connectivity index (χ4v) is 4.31. The lowest BCUT2D eigenvalue weighted by molar-refractivity contribution is -0.0154. The van der Waals surface area contributed by atoms with E-state index < -0.39 is 0 Å². The van der Waals surface area contributed by atoms with Gasteiger partial charge in [0.1, 0.15) is 7.85 Å². The van der Waals surface area contributed by atoms with Crippen LogP contribution in [0.15, 0.2) is 0 Å². The van der Waals surface area contributed by atoms with Crippen molar-refractivity contribution in [3.05, 3.63) is 0 Å². The molecule has 0 amide bonds. The number of hydrogen-bond acceptors (Lipinski definition) is 2. The van der Waals surface area contributed by atoms with E-state index in [4.69, 9.17) is 4.74 Å². The zero-order valence-electron chi connectivity index (χ0n) is 7.46. The van der Waals surface area contributed by atoms with Gasteiger partial charge in [-0.3, -0.25) is 0 Å². The van der Waals surface area contributed by atoms with Gasteiger partial charge in [0, 0.05) is 17.0 Å². The van der Waals surface area contributed by atoms with E-state index in [2.05, 4.69) is 33.5 Å². The molecule has 11 heavy (non-hydrogen) atoms. The van der Waals surface area contributed by atoms with Gasteiger partial charge in [0.15, 0.2) is 0 Å². The normalized spacial score (nSPS) is 55.3. The van der Waals surface area contributed by atoms with Crippen LogP contribution in [0.1, 0.15) is 20.3 Å². The van der Waals surface area contributed by atoms with Gasteiger partial charge in [0.05, 0.1) is 5.60 Å². The van der Waals surface area contributed by atoms with Crippen molar-refractivity contribution >= 4 is 19.6 Å². The van der Waals surface area contributed by atoms with Crippen molar-refractivity contribution in [3.63, 3.8) is 0 Å². The van der Waals surface area contributed by atoms with Gasteiger partial charge in [-0.05, 0) is 12.3 Å². The van der Waals surface area contributed by atoms with Crippen molar-refractivity contribution in [2.45, 2.75) is 37.1 Å². The van der Waals surface area contributed by atoms with Crippen LogP contribution in [-0.4, -0.2) is 30.5 Å². The minimum Gasteiger partial charge on any atom is -0.378 e. The average Bonchev–Trinajstić information content (AvgIpc) is 2.42. The second-order valence-corrected chi connectivity index (χ2v) is 4.97. The Hall–Kier alpha value is 0.375. The molecule has 0 spiro atoms. The smallest absolute Gasteiger partial charge is 0.140 e. The highest BCUT2D eigenvalue weighted by atomic mass is 32.2. The molecule has 2 aliphatic rings. The number of ether oxygens (including phenoxy) is 1. The molecule has 2 heterocycles. The second-order valence-electron chi connectivity index (χ2n) is 3.81. The minimum atomic E-state index is 0.245. The third kappa shape index (κ3) is 0.904. The molecule has 0 N–H and O–H groups in total. The molecule has 2 rings (SSSR count). The minimum absolute atomic E-state index is 0.245. The summed E-state index contributed by atoms with van der Waals surface area (Å²) < 4.78 is 5.99. The van der Waals surface area contributed by atoms with Crippen molar-refractivity contribution in [1.29, 1.82) is 0 Å². The van der Waals surface area contributed by atoms with Crippen LogP contribution in [0.4, 0.5) is 0 Å². The van der Waals surface area contributed by atoms with Gasteiger partial charge in [-0.1, -0.05) is 13.8 Å². The van der Waals surface area contributed by atoms with Gasteiger partial charge in [0.2, 0.25) is 0 Å². The topological polar surface area (TPSA) is 9.23 Å². The van der Waals surface area contributed by atoms with Crippen LogP contribution in [0, 0.1) is 5.92 Å². The molecule has 3 heteroatoms. The molecule has 62 valence electrons. The average molecular weight is 170 g/mol. The fraction of sp³-hybridized carbons (Fsp3) is 1.00. The van der Waals surface area contributed by atoms with E-state index >= 15 is 0 Å². The molecular weight excluding hydrogens is 155 g/mol. The lowest BCUT2D eigenvalue weighted by atomic mass is 9.85. The van der Waals surface area contributed by atoms with Crippen LogP contribution in [0.25, 0.3) is 0 Å². The Labute approximate surface area is 73.7 Å². The summed E-state index contributed by atoms with van der Waals surface area (Å²) in [5.74, 6) is 1.99. The molecule has 0 saturated carbocycles. The molecule has 0 radical (unpaired) electrons. The molecule has 0 aromatic carbocycles. The standard InChI is InChI=1S/C8H15BOS/c1-3-8-4-11-6(5(8)2)7(9)10-8/h5-7H,3-4,9H2,1-2H3/t5?,6?,7?,8-/m0/s1. The molecule has 3 unspecified atom stereocenters. The molecule has 0 aromatic rings. The lowest BCUT2D eigenvalue weighted by Crippen LogP contribution is -2.35. The molecule has 0 aromatic heterocycles. The Balaban J connectivity index is 2.24. The summed E-state index contributed by atoms with van der Waals surface area (Å²) >= 11 is 2.11. The first-order valence-corrected chi connectivity index (χ1v) is 5.54. The van der Waals surface area contributed by atoms with E-state index in [1.807, 2.05) is 0 Å². The largest absolute Gasteiger partial charge is 0.378 e. The summed E-state index contributed by atoms with van der Waals surface area (Å²) in [6.07, 6.45) is 1.18. The first kappa shape index (κ1) is 8.00. The number of hydrogen-bond donors (Lipinski definition) is 0. The summed E-state index contributed by atoms with van der Waals surface area (Å²) in [7, 11) is 2.21. The third-order valence-electron chi connectivity index (χ3n) is 3.32. The van der Waals surface area contributed by atoms with Gasteiger partial charge in [-0.25, -0.2) is 0 Å². The zero-order chi connectivity index (χ0) is 8.06. The highest BCUT2D eigenvalue weighted by Gasteiger charge is 2.55. The maximum Gasteiger partial charge on any atom is 0.140 e. The Bertz CT molecular complexity index is 175. The van der Waals surface area contributed by atoms with E-state index in [1.165, 1.54) is 12.2 Å². The van der Waals surface area contributed by atoms with Crippen LogP contribution < -0.4 is 0 Å². The molecule has 2 saturated heterocycles. The molecule has 2 bridgehead atoms. The molecule has 0 aliphatic carbocycles. The van der Waals surface area contributed by atoms with Crippen LogP contribution in [-0.2, 0) is 4.74 Å². The van der Waals surface area contributed by atoms with Crippen molar-refractivity contribution < 1.29 is 4.74 Å². The molecule has 4 atom stereocenters. The number of thioether (sulfide) groups is 1. The first-order valence-electron chi connectivity index (χ1n) is 4.49. The number of rotatable bonds is 1. The summed E-state index contributed by atoms with van der Waals surface area (Å²) in [5.41, 5.74) is 0.245. The highest BCUT2D eigenvalue weighted by molar-refractivity contribution is 8.00. The van der Waals surface area contributed by atoms with E-state index in [0.717, 1.165) is 11.2 Å². The van der Waals surface area contributed by atoms with Gasteiger partial charge < -0.3 is 4.74 Å². The van der Waals surface area contributed by atoms with Crippen LogP contribution in [0.5, 0.6) is 0 Å². The molecular formula is C8H15BOS. The van der Waals surface area contributed by atoms with E-state index in [-0.39, 0.29) is 5.60 Å². The van der Waals surface area contributed by atoms with Crippen molar-refractivity contribution in [3.8, 4) is 0 Å². The molecule has 1 nitrogen and oxygen atoms in total. The summed E-state index contributed by atoms with van der Waals surface area (Å²) in [4.78, 5) is 0. The van der Waals surface area contributed by atoms with Crippen LogP contribution in [0.2, 0.25) is 0 Å². The van der Waals surface area contributed by atoms with Crippen molar-refractivity contribution in [1.82, 2.24) is 0 Å². The maximum absolute atomic E-state index is 5.99. The molecule has 2 fully saturated rings. The lowest BCUT2D eigenvalue weighted by Gasteiger charge is -2.29. The summed E-state index contributed by atoms with van der Waals surface area (Å²) in [6, 6.07) is 0.490. The first-order chi connectivity index (χ1) is 5.19. The summed E-state index contributed by atoms with van der Waals surface area (Å²) in [5, 5.41) is 0.773. The highest BCUT2D eigenvalue weighted by Crippen LogP contribution is 2.52. The Kier molecular flexibility index (Phi) is 1.77. The van der Waals surface area contributed by atoms with E-state index in [9.17, 15) is 0 Å². The molecule has 2 aliphatic heterocycles. The van der Waals surface area contributed by atoms with Crippen LogP contribution >= 0.6 is 11.8 Å². The number of fused-ring (bicyclic) bond motifs is 2. The predicted octanol–water partition coefficient (Wildman–Crippen LogP) is 0.876. The van der Waals surface area contributed by atoms with E-state index in [0.29, 0.717) is 6.00 Å². The van der Waals surface area contributed by atoms with E-state index in [1.54, 1.807) is 0 Å². The van der Waals surface area contributed by atoms with Gasteiger partial charge >= 0.3 is 0 Å². The Morgan fingerprint density at radius 1 is 1.73 bits per heavy atom. The fourth-order valence-electron chi connectivity index (χ4n) is 2.44. The van der Waals surface area contributed by atoms with Gasteiger partial charge in [-0.15, -0.1) is 0 Å². The Morgan fingerprint density at radius 2 is 2.45 bits per heavy atom. The van der Waals surface area contributed by atoms with Gasteiger partial charge in [-0.2, -0.15) is 11.8 Å². The maximum atomic E-state index is 5.99. The quantitative estimate of drug-likeness (QED) is 0.540. The van der Waals surface area contributed by atoms with Crippen LogP contribution in [0.3, 0.4) is 0 Å². The van der Waals surface area contributed by atoms with Crippen molar-refractivity contribution in [2.75, 3.05) is 5.75 Å². The van der Waals surface area contributed by atoms with Gasteiger partial charge in [0.25, 0.3) is 0 Å². The monoisotopic (exact) mass is 170 g/mol. The Morgan fingerprint density at radius 3 is 2.73 bits per heavy atom. The zero-order valence-corrected chi connectivity index (χ0v) is 8.28. The second kappa shape index (κ2) is 2.43. The van der Waals surface area contributed by atoms with Crippen molar-refractivity contribution in [2.24, 2.45) is 5.92 Å². The third-order valence-corrected chi connectivity index (χ3v) is 5.16.